The van der Waals surface area contributed by atoms with Crippen molar-refractivity contribution in [3.05, 3.63) is 29.8 Å². The normalized spacial score (nSPS) is 23.5. The fourth-order valence-electron chi connectivity index (χ4n) is 2.99. The number of aliphatic hydroxyl groups excluding tert-OH is 1. The van der Waals surface area contributed by atoms with Gasteiger partial charge < -0.3 is 10.0 Å². The van der Waals surface area contributed by atoms with Crippen LogP contribution >= 0.6 is 0 Å². The van der Waals surface area contributed by atoms with Gasteiger partial charge in [-0.2, -0.15) is 0 Å². The molecule has 0 spiro atoms. The molecular weight excluding hydrogens is 234 g/mol. The summed E-state index contributed by atoms with van der Waals surface area (Å²) >= 11 is 0. The van der Waals surface area contributed by atoms with Crippen LogP contribution in [0.1, 0.15) is 53.0 Å². The van der Waals surface area contributed by atoms with Crippen molar-refractivity contribution in [2.24, 2.45) is 0 Å². The number of benzene rings is 1. The van der Waals surface area contributed by atoms with E-state index in [0.29, 0.717) is 0 Å². The Balaban J connectivity index is 2.23. The van der Waals surface area contributed by atoms with Crippen molar-refractivity contribution in [3.63, 3.8) is 0 Å². The van der Waals surface area contributed by atoms with Gasteiger partial charge in [-0.15, -0.1) is 0 Å². The van der Waals surface area contributed by atoms with Gasteiger partial charge in [0.05, 0.1) is 6.10 Å². The molecule has 19 heavy (non-hydrogen) atoms. The number of rotatable bonds is 1. The summed E-state index contributed by atoms with van der Waals surface area (Å²) in [6, 6.07) is 8.91. The van der Waals surface area contributed by atoms with Crippen LogP contribution in [-0.2, 0) is 5.41 Å². The molecule has 0 radical (unpaired) electrons. The Morgan fingerprint density at radius 3 is 2.21 bits per heavy atom. The summed E-state index contributed by atoms with van der Waals surface area (Å²) in [5, 5.41) is 9.83. The molecule has 2 nitrogen and oxygen atoms in total. The molecule has 2 rings (SSSR count). The summed E-state index contributed by atoms with van der Waals surface area (Å²) in [7, 11) is 0. The molecule has 1 aromatic rings. The first kappa shape index (κ1) is 14.4. The van der Waals surface area contributed by atoms with Crippen LogP contribution in [0.5, 0.6) is 0 Å². The number of hydrogen-bond donors (Lipinski definition) is 1. The molecule has 0 bridgehead atoms. The summed E-state index contributed by atoms with van der Waals surface area (Å²) < 4.78 is 0. The predicted molar refractivity (Wildman–Crippen MR) is 81.8 cm³/mol. The highest BCUT2D eigenvalue weighted by Crippen LogP contribution is 2.33. The average molecular weight is 261 g/mol. The molecule has 0 saturated carbocycles. The Labute approximate surface area is 117 Å². The molecule has 1 aliphatic rings. The second kappa shape index (κ2) is 4.82. The third-order valence-electron chi connectivity index (χ3n) is 4.20. The van der Waals surface area contributed by atoms with E-state index in [1.165, 1.54) is 11.3 Å². The Morgan fingerprint density at radius 1 is 1.16 bits per heavy atom. The lowest BCUT2D eigenvalue weighted by Gasteiger charge is -2.46. The molecule has 1 saturated heterocycles. The molecule has 1 unspecified atom stereocenters. The first-order chi connectivity index (χ1) is 8.70. The smallest absolute Gasteiger partial charge is 0.0579 e. The first-order valence-electron chi connectivity index (χ1n) is 7.26. The van der Waals surface area contributed by atoms with Gasteiger partial charge in [0.25, 0.3) is 0 Å². The molecule has 2 heteroatoms. The van der Waals surface area contributed by atoms with Crippen LogP contribution in [0.15, 0.2) is 24.3 Å². The summed E-state index contributed by atoms with van der Waals surface area (Å²) in [4.78, 5) is 2.42. The number of nitrogens with zero attached hydrogens (tertiary/aromatic N) is 1. The van der Waals surface area contributed by atoms with Gasteiger partial charge in [0, 0.05) is 17.8 Å². The van der Waals surface area contributed by atoms with Crippen molar-refractivity contribution < 1.29 is 5.11 Å². The highest BCUT2D eigenvalue weighted by atomic mass is 16.3. The standard InChI is InChI=1S/C17H27NO/c1-16(2,3)13-6-8-14(9-7-13)18-11-10-15(19)12-17(18,4)5/h6-9,15,19H,10-12H2,1-5H3. The van der Waals surface area contributed by atoms with E-state index >= 15 is 0 Å². The minimum absolute atomic E-state index is 0.0287. The van der Waals surface area contributed by atoms with E-state index in [1.54, 1.807) is 0 Å². The summed E-state index contributed by atoms with van der Waals surface area (Å²) in [5.74, 6) is 0. The Kier molecular flexibility index (Phi) is 3.65. The maximum atomic E-state index is 9.83. The maximum Gasteiger partial charge on any atom is 0.0579 e. The van der Waals surface area contributed by atoms with Crippen LogP contribution < -0.4 is 4.90 Å². The van der Waals surface area contributed by atoms with Crippen LogP contribution in [0.4, 0.5) is 5.69 Å². The van der Waals surface area contributed by atoms with E-state index in [1.807, 2.05) is 0 Å². The third kappa shape index (κ3) is 3.11. The zero-order valence-corrected chi connectivity index (χ0v) is 12.9. The van der Waals surface area contributed by atoms with Gasteiger partial charge in [0.1, 0.15) is 0 Å². The molecule has 106 valence electrons. The van der Waals surface area contributed by atoms with E-state index in [4.69, 9.17) is 0 Å². The van der Waals surface area contributed by atoms with E-state index in [-0.39, 0.29) is 17.1 Å². The summed E-state index contributed by atoms with van der Waals surface area (Å²) in [5.41, 5.74) is 2.86. The first-order valence-corrected chi connectivity index (χ1v) is 7.26. The van der Waals surface area contributed by atoms with Crippen molar-refractivity contribution in [1.29, 1.82) is 0 Å². The monoisotopic (exact) mass is 261 g/mol. The van der Waals surface area contributed by atoms with Crippen LogP contribution in [0, 0.1) is 0 Å². The number of anilines is 1. The van der Waals surface area contributed by atoms with Crippen molar-refractivity contribution >= 4 is 5.69 Å². The Morgan fingerprint density at radius 2 is 1.74 bits per heavy atom. The van der Waals surface area contributed by atoms with E-state index in [2.05, 4.69) is 63.8 Å². The van der Waals surface area contributed by atoms with Crippen LogP contribution in [0.25, 0.3) is 0 Å². The average Bonchev–Trinajstić information content (AvgIpc) is 2.26. The highest BCUT2D eigenvalue weighted by Gasteiger charge is 2.34. The van der Waals surface area contributed by atoms with Gasteiger partial charge in [-0.05, 0) is 49.8 Å². The molecular formula is C17H27NO. The highest BCUT2D eigenvalue weighted by molar-refractivity contribution is 5.51. The van der Waals surface area contributed by atoms with Crippen molar-refractivity contribution in [1.82, 2.24) is 0 Å². The fourth-order valence-corrected chi connectivity index (χ4v) is 2.99. The molecule has 1 aromatic carbocycles. The molecule has 1 atom stereocenters. The zero-order chi connectivity index (χ0) is 14.3. The predicted octanol–water partition coefficient (Wildman–Crippen LogP) is 3.72. The molecule has 0 aliphatic carbocycles. The van der Waals surface area contributed by atoms with E-state index in [0.717, 1.165) is 19.4 Å². The summed E-state index contributed by atoms with van der Waals surface area (Å²) in [6.45, 7) is 12.1. The Hall–Kier alpha value is -1.02. The lowest BCUT2D eigenvalue weighted by Crippen LogP contribution is -2.51. The van der Waals surface area contributed by atoms with Crippen LogP contribution in [0.3, 0.4) is 0 Å². The number of piperidine rings is 1. The Bertz CT molecular complexity index is 428. The minimum Gasteiger partial charge on any atom is -0.393 e. The molecule has 1 heterocycles. The van der Waals surface area contributed by atoms with E-state index in [9.17, 15) is 5.11 Å². The molecule has 1 aliphatic heterocycles. The van der Waals surface area contributed by atoms with Gasteiger partial charge in [-0.25, -0.2) is 0 Å². The molecule has 0 aromatic heterocycles. The van der Waals surface area contributed by atoms with Gasteiger partial charge in [0.15, 0.2) is 0 Å². The summed E-state index contributed by atoms with van der Waals surface area (Å²) in [6.07, 6.45) is 1.55. The third-order valence-corrected chi connectivity index (χ3v) is 4.20. The van der Waals surface area contributed by atoms with Gasteiger partial charge in [0.2, 0.25) is 0 Å². The van der Waals surface area contributed by atoms with E-state index < -0.39 is 0 Å². The number of aliphatic hydroxyl groups is 1. The quantitative estimate of drug-likeness (QED) is 0.832. The lowest BCUT2D eigenvalue weighted by molar-refractivity contribution is 0.107. The van der Waals surface area contributed by atoms with Crippen LogP contribution in [0.2, 0.25) is 0 Å². The molecule has 0 amide bonds. The molecule has 1 N–H and O–H groups in total. The van der Waals surface area contributed by atoms with Gasteiger partial charge in [-0.3, -0.25) is 0 Å². The van der Waals surface area contributed by atoms with Crippen molar-refractivity contribution in [2.75, 3.05) is 11.4 Å². The topological polar surface area (TPSA) is 23.5 Å². The zero-order valence-electron chi connectivity index (χ0n) is 12.9. The SMILES string of the molecule is CC(C)(C)c1ccc(N2CCC(O)CC2(C)C)cc1. The number of hydrogen-bond acceptors (Lipinski definition) is 2. The maximum absolute atomic E-state index is 9.83. The van der Waals surface area contributed by atoms with Crippen LogP contribution in [-0.4, -0.2) is 23.3 Å². The minimum atomic E-state index is -0.153. The van der Waals surface area contributed by atoms with Crippen molar-refractivity contribution in [2.45, 2.75) is 64.5 Å². The molecule has 1 fully saturated rings. The van der Waals surface area contributed by atoms with Gasteiger partial charge in [-0.1, -0.05) is 32.9 Å². The second-order valence-electron chi connectivity index (χ2n) is 7.41. The van der Waals surface area contributed by atoms with Gasteiger partial charge >= 0.3 is 0 Å². The second-order valence-corrected chi connectivity index (χ2v) is 7.41. The van der Waals surface area contributed by atoms with Crippen molar-refractivity contribution in [3.8, 4) is 0 Å². The lowest BCUT2D eigenvalue weighted by atomic mass is 9.85. The largest absolute Gasteiger partial charge is 0.393 e. The fraction of sp³-hybridized carbons (Fsp3) is 0.647.